The van der Waals surface area contributed by atoms with Gasteiger partial charge in [0.25, 0.3) is 0 Å². The summed E-state index contributed by atoms with van der Waals surface area (Å²) in [6, 6.07) is 12.8. The highest BCUT2D eigenvalue weighted by atomic mass is 32.1. The van der Waals surface area contributed by atoms with Gasteiger partial charge in [-0.2, -0.15) is 0 Å². The molecule has 2 N–H and O–H groups in total. The lowest BCUT2D eigenvalue weighted by Crippen LogP contribution is -2.48. The Morgan fingerprint density at radius 1 is 1.30 bits per heavy atom. The van der Waals surface area contributed by atoms with Gasteiger partial charge in [0.15, 0.2) is 5.96 Å². The van der Waals surface area contributed by atoms with E-state index in [1.54, 1.807) is 6.08 Å². The van der Waals surface area contributed by atoms with E-state index in [4.69, 9.17) is 4.74 Å². The molecule has 6 heteroatoms. The molecule has 3 rings (SSSR count). The average molecular weight is 385 g/mol. The normalized spacial score (nSPS) is 15.4. The molecule has 144 valence electrons. The second-order valence-corrected chi connectivity index (χ2v) is 7.42. The monoisotopic (exact) mass is 384 g/mol. The SMILES string of the molecule is C=CCOc1ccccc1CNC(=NC)NC1CCN(c2cccs2)CC1. The van der Waals surface area contributed by atoms with Crippen LogP contribution in [0.5, 0.6) is 5.75 Å². The van der Waals surface area contributed by atoms with Crippen molar-refractivity contribution in [1.82, 2.24) is 10.6 Å². The number of hydrogen-bond acceptors (Lipinski definition) is 4. The van der Waals surface area contributed by atoms with E-state index in [-0.39, 0.29) is 0 Å². The molecule has 2 heterocycles. The number of guanidine groups is 1. The Morgan fingerprint density at radius 3 is 2.81 bits per heavy atom. The lowest BCUT2D eigenvalue weighted by atomic mass is 10.1. The van der Waals surface area contributed by atoms with Crippen molar-refractivity contribution in [2.45, 2.75) is 25.4 Å². The Hall–Kier alpha value is -2.47. The number of hydrogen-bond donors (Lipinski definition) is 2. The first-order valence-electron chi connectivity index (χ1n) is 9.37. The molecule has 2 aromatic rings. The van der Waals surface area contributed by atoms with E-state index in [1.807, 2.05) is 36.6 Å². The van der Waals surface area contributed by atoms with Crippen molar-refractivity contribution < 1.29 is 4.74 Å². The van der Waals surface area contributed by atoms with Crippen LogP contribution in [0.1, 0.15) is 18.4 Å². The van der Waals surface area contributed by atoms with Gasteiger partial charge in [-0.1, -0.05) is 30.9 Å². The number of nitrogens with zero attached hydrogens (tertiary/aromatic N) is 2. The minimum absolute atomic E-state index is 0.444. The third-order valence-corrected chi connectivity index (χ3v) is 5.58. The molecule has 0 bridgehead atoms. The molecule has 0 spiro atoms. The molecule has 1 aliphatic heterocycles. The third-order valence-electron chi connectivity index (χ3n) is 4.65. The van der Waals surface area contributed by atoms with Gasteiger partial charge in [-0.15, -0.1) is 11.3 Å². The number of nitrogens with one attached hydrogen (secondary N) is 2. The lowest BCUT2D eigenvalue weighted by Gasteiger charge is -2.33. The van der Waals surface area contributed by atoms with Crippen LogP contribution in [-0.2, 0) is 6.54 Å². The number of benzene rings is 1. The number of para-hydroxylation sites is 1. The van der Waals surface area contributed by atoms with Crippen molar-refractivity contribution >= 4 is 22.3 Å². The standard InChI is InChI=1S/C21H28N4OS/c1-3-14-26-19-8-5-4-7-17(19)16-23-21(22-2)24-18-10-12-25(13-11-18)20-9-6-15-27-20/h3-9,15,18H,1,10-14,16H2,2H3,(H2,22,23,24). The van der Waals surface area contributed by atoms with Crippen LogP contribution in [0.3, 0.4) is 0 Å². The van der Waals surface area contributed by atoms with E-state index in [1.165, 1.54) is 5.00 Å². The fourth-order valence-corrected chi connectivity index (χ4v) is 3.99. The van der Waals surface area contributed by atoms with Gasteiger partial charge in [0.2, 0.25) is 0 Å². The van der Waals surface area contributed by atoms with Gasteiger partial charge >= 0.3 is 0 Å². The van der Waals surface area contributed by atoms with Crippen LogP contribution < -0.4 is 20.3 Å². The van der Waals surface area contributed by atoms with Crippen LogP contribution in [0, 0.1) is 0 Å². The minimum Gasteiger partial charge on any atom is -0.489 e. The third kappa shape index (κ3) is 5.50. The van der Waals surface area contributed by atoms with Crippen LogP contribution in [0.4, 0.5) is 5.00 Å². The maximum Gasteiger partial charge on any atom is 0.191 e. The van der Waals surface area contributed by atoms with E-state index < -0.39 is 0 Å². The zero-order valence-electron chi connectivity index (χ0n) is 15.9. The van der Waals surface area contributed by atoms with Crippen LogP contribution >= 0.6 is 11.3 Å². The fourth-order valence-electron chi connectivity index (χ4n) is 3.20. The van der Waals surface area contributed by atoms with Crippen molar-refractivity contribution in [1.29, 1.82) is 0 Å². The molecule has 1 saturated heterocycles. The quantitative estimate of drug-likeness (QED) is 0.435. The molecule has 0 saturated carbocycles. The van der Waals surface area contributed by atoms with Gasteiger partial charge in [0, 0.05) is 38.3 Å². The first-order chi connectivity index (χ1) is 13.3. The number of anilines is 1. The summed E-state index contributed by atoms with van der Waals surface area (Å²) in [6.07, 6.45) is 3.97. The molecule has 0 unspecified atom stereocenters. The summed E-state index contributed by atoms with van der Waals surface area (Å²) in [7, 11) is 1.82. The van der Waals surface area contributed by atoms with Gasteiger partial charge in [-0.05, 0) is 36.4 Å². The summed E-state index contributed by atoms with van der Waals surface area (Å²) >= 11 is 1.81. The first-order valence-corrected chi connectivity index (χ1v) is 10.3. The molecule has 27 heavy (non-hydrogen) atoms. The Balaban J connectivity index is 1.48. The number of thiophene rings is 1. The van der Waals surface area contributed by atoms with E-state index in [0.29, 0.717) is 19.2 Å². The molecule has 0 amide bonds. The highest BCUT2D eigenvalue weighted by Gasteiger charge is 2.20. The molecule has 5 nitrogen and oxygen atoms in total. The number of aliphatic imine (C=N–C) groups is 1. The molecule has 1 aliphatic rings. The van der Waals surface area contributed by atoms with Gasteiger partial charge in [-0.3, -0.25) is 4.99 Å². The van der Waals surface area contributed by atoms with Gasteiger partial charge in [0.1, 0.15) is 12.4 Å². The predicted octanol–water partition coefficient (Wildman–Crippen LogP) is 3.65. The van der Waals surface area contributed by atoms with Gasteiger partial charge in [0.05, 0.1) is 5.00 Å². The smallest absolute Gasteiger partial charge is 0.191 e. The second kappa shape index (κ2) is 10.0. The Kier molecular flexibility index (Phi) is 7.16. The van der Waals surface area contributed by atoms with E-state index in [9.17, 15) is 0 Å². The summed E-state index contributed by atoms with van der Waals surface area (Å²) in [5.74, 6) is 1.72. The van der Waals surface area contributed by atoms with Crippen LogP contribution in [0.25, 0.3) is 0 Å². The highest BCUT2D eigenvalue weighted by Crippen LogP contribution is 2.24. The molecular formula is C21H28N4OS. The zero-order chi connectivity index (χ0) is 18.9. The lowest BCUT2D eigenvalue weighted by molar-refractivity contribution is 0.358. The van der Waals surface area contributed by atoms with Crippen LogP contribution in [0.2, 0.25) is 0 Å². The summed E-state index contributed by atoms with van der Waals surface area (Å²) in [5, 5.41) is 10.5. The van der Waals surface area contributed by atoms with Crippen molar-refractivity contribution in [2.75, 3.05) is 31.6 Å². The van der Waals surface area contributed by atoms with Crippen LogP contribution in [-0.4, -0.2) is 38.7 Å². The van der Waals surface area contributed by atoms with Crippen molar-refractivity contribution in [3.63, 3.8) is 0 Å². The summed E-state index contributed by atoms with van der Waals surface area (Å²) in [5.41, 5.74) is 1.11. The largest absolute Gasteiger partial charge is 0.489 e. The molecule has 1 aromatic heterocycles. The van der Waals surface area contributed by atoms with Crippen molar-refractivity contribution in [2.24, 2.45) is 4.99 Å². The molecule has 0 radical (unpaired) electrons. The second-order valence-electron chi connectivity index (χ2n) is 6.49. The number of ether oxygens (including phenoxy) is 1. The average Bonchev–Trinajstić information content (AvgIpc) is 3.25. The number of rotatable bonds is 7. The summed E-state index contributed by atoms with van der Waals surface area (Å²) < 4.78 is 5.73. The Morgan fingerprint density at radius 2 is 2.11 bits per heavy atom. The molecule has 1 aromatic carbocycles. The molecule has 0 aliphatic carbocycles. The summed E-state index contributed by atoms with van der Waals surface area (Å²) in [4.78, 5) is 6.85. The van der Waals surface area contributed by atoms with Gasteiger partial charge in [-0.25, -0.2) is 0 Å². The maximum absolute atomic E-state index is 5.73. The Labute approximate surface area is 165 Å². The zero-order valence-corrected chi connectivity index (χ0v) is 16.7. The highest BCUT2D eigenvalue weighted by molar-refractivity contribution is 7.14. The fraction of sp³-hybridized carbons (Fsp3) is 0.381. The first kappa shape index (κ1) is 19.3. The van der Waals surface area contributed by atoms with E-state index in [0.717, 1.165) is 43.2 Å². The van der Waals surface area contributed by atoms with Crippen molar-refractivity contribution in [3.8, 4) is 5.75 Å². The van der Waals surface area contributed by atoms with E-state index in [2.05, 4.69) is 50.7 Å². The van der Waals surface area contributed by atoms with Crippen LogP contribution in [0.15, 0.2) is 59.4 Å². The topological polar surface area (TPSA) is 48.9 Å². The number of piperidine rings is 1. The molecule has 1 fully saturated rings. The maximum atomic E-state index is 5.73. The Bertz CT molecular complexity index is 736. The van der Waals surface area contributed by atoms with Crippen molar-refractivity contribution in [3.05, 3.63) is 60.0 Å². The molecular weight excluding hydrogens is 356 g/mol. The van der Waals surface area contributed by atoms with Gasteiger partial charge < -0.3 is 20.3 Å². The minimum atomic E-state index is 0.444. The molecule has 0 atom stereocenters. The van der Waals surface area contributed by atoms with E-state index >= 15 is 0 Å². The summed E-state index contributed by atoms with van der Waals surface area (Å²) in [6.45, 7) is 7.03. The predicted molar refractivity (Wildman–Crippen MR) is 115 cm³/mol.